The van der Waals surface area contributed by atoms with Crippen molar-refractivity contribution < 1.29 is 27.5 Å². The van der Waals surface area contributed by atoms with E-state index in [2.05, 4.69) is 6.07 Å². The lowest BCUT2D eigenvalue weighted by molar-refractivity contribution is -0.139. The number of carbonyl (C=O) groups excluding carboxylic acids is 2. The van der Waals surface area contributed by atoms with Crippen LogP contribution in [0.1, 0.15) is 11.5 Å². The topological polar surface area (TPSA) is 146 Å². The summed E-state index contributed by atoms with van der Waals surface area (Å²) in [7, 11) is 0.348. The van der Waals surface area contributed by atoms with Crippen molar-refractivity contribution in [3.05, 3.63) is 82.8 Å². The van der Waals surface area contributed by atoms with E-state index in [4.69, 9.17) is 15.2 Å². The fraction of sp³-hybridized carbons (Fsp3) is 0.296. The zero-order chi connectivity index (χ0) is 28.3. The van der Waals surface area contributed by atoms with Crippen LogP contribution in [-0.2, 0) is 29.1 Å². The summed E-state index contributed by atoms with van der Waals surface area (Å²) in [6, 6.07) is 16.5. The number of esters is 2. The number of likely N-dealkylation sites (N-methyl/N-ethyl adjacent to an activating group) is 1. The molecule has 0 aliphatic carbocycles. The predicted octanol–water partition coefficient (Wildman–Crippen LogP) is 1.52. The van der Waals surface area contributed by atoms with Crippen LogP contribution in [0.25, 0.3) is 0 Å². The standard InChI is InChI=1S/C27H29N5O6S/c1-30-12-14-31(15-13-30)39(35,36)20-11-7-10-19(16-20)32-24(27(34)38-3)23(26(33)37-2)22(21(17-28)25(32)29)18-8-5-4-6-9-18/h4-11,16,22H,12-15,29H2,1-3H3. The van der Waals surface area contributed by atoms with Crippen LogP contribution in [0, 0.1) is 11.3 Å². The Morgan fingerprint density at radius 1 is 0.974 bits per heavy atom. The van der Waals surface area contributed by atoms with Gasteiger partial charge in [-0.25, -0.2) is 18.0 Å². The summed E-state index contributed by atoms with van der Waals surface area (Å²) in [6.45, 7) is 1.83. The molecule has 1 saturated heterocycles. The second kappa shape index (κ2) is 11.3. The second-order valence-corrected chi connectivity index (χ2v) is 11.0. The lowest BCUT2D eigenvalue weighted by Gasteiger charge is -2.36. The molecule has 2 N–H and O–H groups in total. The van der Waals surface area contributed by atoms with Gasteiger partial charge in [0.25, 0.3) is 0 Å². The number of anilines is 1. The minimum atomic E-state index is -3.88. The quantitative estimate of drug-likeness (QED) is 0.524. The minimum Gasteiger partial charge on any atom is -0.466 e. The summed E-state index contributed by atoms with van der Waals surface area (Å²) >= 11 is 0. The Morgan fingerprint density at radius 3 is 2.21 bits per heavy atom. The smallest absolute Gasteiger partial charge is 0.355 e. The molecule has 1 unspecified atom stereocenters. The molecule has 0 saturated carbocycles. The van der Waals surface area contributed by atoms with Crippen molar-refractivity contribution in [3.63, 3.8) is 0 Å². The van der Waals surface area contributed by atoms with E-state index in [9.17, 15) is 23.3 Å². The van der Waals surface area contributed by atoms with Gasteiger partial charge in [-0.05, 0) is 30.8 Å². The molecule has 0 bridgehead atoms. The zero-order valence-corrected chi connectivity index (χ0v) is 22.6. The third kappa shape index (κ3) is 5.12. The zero-order valence-electron chi connectivity index (χ0n) is 21.8. The number of hydrogen-bond acceptors (Lipinski definition) is 10. The molecule has 39 heavy (non-hydrogen) atoms. The number of piperazine rings is 1. The maximum Gasteiger partial charge on any atom is 0.355 e. The van der Waals surface area contributed by atoms with E-state index < -0.39 is 27.9 Å². The number of benzene rings is 2. The van der Waals surface area contributed by atoms with Gasteiger partial charge in [0.2, 0.25) is 10.0 Å². The van der Waals surface area contributed by atoms with Crippen molar-refractivity contribution in [1.29, 1.82) is 5.26 Å². The van der Waals surface area contributed by atoms with E-state index in [-0.39, 0.29) is 33.2 Å². The molecule has 2 aliphatic rings. The molecule has 2 heterocycles. The average molecular weight is 552 g/mol. The van der Waals surface area contributed by atoms with Gasteiger partial charge in [0.15, 0.2) is 0 Å². The lowest BCUT2D eigenvalue weighted by Crippen LogP contribution is -2.47. The highest BCUT2D eigenvalue weighted by Gasteiger charge is 2.43. The normalized spacial score (nSPS) is 19.0. The molecule has 0 amide bonds. The fourth-order valence-electron chi connectivity index (χ4n) is 4.74. The molecular formula is C27H29N5O6S. The molecule has 1 atom stereocenters. The summed E-state index contributed by atoms with van der Waals surface area (Å²) in [5, 5.41) is 10.2. The van der Waals surface area contributed by atoms with Crippen LogP contribution in [0.5, 0.6) is 0 Å². The van der Waals surface area contributed by atoms with E-state index in [0.717, 1.165) is 14.2 Å². The van der Waals surface area contributed by atoms with Gasteiger partial charge in [0, 0.05) is 31.9 Å². The summed E-state index contributed by atoms with van der Waals surface area (Å²) in [5.74, 6) is -2.95. The molecule has 2 aromatic carbocycles. The van der Waals surface area contributed by atoms with Crippen molar-refractivity contribution in [2.75, 3.05) is 52.3 Å². The van der Waals surface area contributed by atoms with Crippen LogP contribution in [-0.4, -0.2) is 77.0 Å². The Bertz CT molecular complexity index is 1490. The molecule has 2 aliphatic heterocycles. The van der Waals surface area contributed by atoms with Gasteiger partial charge in [0.1, 0.15) is 11.5 Å². The number of nitriles is 1. The molecule has 204 valence electrons. The molecule has 11 nitrogen and oxygen atoms in total. The molecule has 2 aromatic rings. The second-order valence-electron chi connectivity index (χ2n) is 9.04. The number of allylic oxidation sites excluding steroid dienone is 1. The molecule has 4 rings (SSSR count). The van der Waals surface area contributed by atoms with Crippen molar-refractivity contribution in [1.82, 2.24) is 9.21 Å². The van der Waals surface area contributed by atoms with Gasteiger partial charge in [0.05, 0.1) is 42.2 Å². The van der Waals surface area contributed by atoms with Crippen molar-refractivity contribution in [3.8, 4) is 6.07 Å². The molecule has 0 radical (unpaired) electrons. The van der Waals surface area contributed by atoms with Gasteiger partial charge >= 0.3 is 11.9 Å². The van der Waals surface area contributed by atoms with Crippen LogP contribution in [0.3, 0.4) is 0 Å². The first kappa shape index (κ1) is 27.8. The van der Waals surface area contributed by atoms with Crippen molar-refractivity contribution >= 4 is 27.6 Å². The highest BCUT2D eigenvalue weighted by atomic mass is 32.2. The summed E-state index contributed by atoms with van der Waals surface area (Å²) in [5.41, 5.74) is 6.76. The fourth-order valence-corrected chi connectivity index (χ4v) is 6.20. The van der Waals surface area contributed by atoms with Crippen LogP contribution >= 0.6 is 0 Å². The van der Waals surface area contributed by atoms with Gasteiger partial charge in [-0.1, -0.05) is 36.4 Å². The van der Waals surface area contributed by atoms with E-state index in [1.807, 2.05) is 11.9 Å². The van der Waals surface area contributed by atoms with Crippen LogP contribution in [0.15, 0.2) is 82.2 Å². The van der Waals surface area contributed by atoms with Crippen molar-refractivity contribution in [2.45, 2.75) is 10.8 Å². The van der Waals surface area contributed by atoms with Gasteiger partial charge in [-0.15, -0.1) is 0 Å². The molecule has 1 fully saturated rings. The first-order chi connectivity index (χ1) is 18.6. The Morgan fingerprint density at radius 2 is 1.62 bits per heavy atom. The first-order valence-corrected chi connectivity index (χ1v) is 13.5. The van der Waals surface area contributed by atoms with Gasteiger partial charge in [-0.2, -0.15) is 9.57 Å². The van der Waals surface area contributed by atoms with Crippen LogP contribution in [0.2, 0.25) is 0 Å². The number of carbonyl (C=O) groups is 2. The Labute approximate surface area is 227 Å². The van der Waals surface area contributed by atoms with Crippen molar-refractivity contribution in [2.24, 2.45) is 5.73 Å². The maximum absolute atomic E-state index is 13.5. The lowest BCUT2D eigenvalue weighted by atomic mass is 9.81. The maximum atomic E-state index is 13.5. The SMILES string of the molecule is COC(=O)C1=C(C(=O)OC)N(c2cccc(S(=O)(=O)N3CCN(C)CC3)c2)C(N)=C(C#N)C1c1ccccc1. The third-order valence-electron chi connectivity index (χ3n) is 6.79. The van der Waals surface area contributed by atoms with E-state index in [1.54, 1.807) is 30.3 Å². The number of nitrogens with two attached hydrogens (primary N) is 1. The van der Waals surface area contributed by atoms with Crippen LogP contribution in [0.4, 0.5) is 5.69 Å². The number of methoxy groups -OCH3 is 2. The predicted molar refractivity (Wildman–Crippen MR) is 142 cm³/mol. The Hall–Kier alpha value is -4.18. The van der Waals surface area contributed by atoms with E-state index in [1.165, 1.54) is 33.5 Å². The summed E-state index contributed by atoms with van der Waals surface area (Å²) in [6.07, 6.45) is 0. The minimum absolute atomic E-state index is 0.0124. The number of hydrogen-bond donors (Lipinski definition) is 1. The molecular weight excluding hydrogens is 522 g/mol. The highest BCUT2D eigenvalue weighted by Crippen LogP contribution is 2.43. The average Bonchev–Trinajstić information content (AvgIpc) is 2.96. The third-order valence-corrected chi connectivity index (χ3v) is 8.68. The number of nitrogens with zero attached hydrogens (tertiary/aromatic N) is 4. The number of sulfonamides is 1. The summed E-state index contributed by atoms with van der Waals surface area (Å²) < 4.78 is 38.4. The van der Waals surface area contributed by atoms with Gasteiger partial charge in [-0.3, -0.25) is 4.90 Å². The Balaban J connectivity index is 1.94. The van der Waals surface area contributed by atoms with E-state index >= 15 is 0 Å². The number of rotatable bonds is 6. The molecule has 0 spiro atoms. The highest BCUT2D eigenvalue weighted by molar-refractivity contribution is 7.89. The molecule has 0 aromatic heterocycles. The van der Waals surface area contributed by atoms with Crippen LogP contribution < -0.4 is 10.6 Å². The molecule has 12 heteroatoms. The largest absolute Gasteiger partial charge is 0.466 e. The Kier molecular flexibility index (Phi) is 8.06. The monoisotopic (exact) mass is 551 g/mol. The van der Waals surface area contributed by atoms with E-state index in [0.29, 0.717) is 31.7 Å². The number of ether oxygens (including phenoxy) is 2. The first-order valence-electron chi connectivity index (χ1n) is 12.1. The summed E-state index contributed by atoms with van der Waals surface area (Å²) in [4.78, 5) is 29.6. The van der Waals surface area contributed by atoms with Gasteiger partial charge < -0.3 is 20.1 Å².